The molecule has 3 aromatic rings. The molecule has 6 nitrogen and oxygen atoms in total. The molecule has 1 unspecified atom stereocenters. The van der Waals surface area contributed by atoms with E-state index < -0.39 is 18.0 Å². The Bertz CT molecular complexity index is 1220. The van der Waals surface area contributed by atoms with Gasteiger partial charge in [0, 0.05) is 10.6 Å². The maximum absolute atomic E-state index is 13.2. The molecule has 0 saturated carbocycles. The van der Waals surface area contributed by atoms with Crippen LogP contribution in [0.1, 0.15) is 36.6 Å². The molecule has 34 heavy (non-hydrogen) atoms. The lowest BCUT2D eigenvalue weighted by Crippen LogP contribution is -2.45. The van der Waals surface area contributed by atoms with Gasteiger partial charge in [0.05, 0.1) is 23.4 Å². The van der Waals surface area contributed by atoms with E-state index in [0.29, 0.717) is 33.2 Å². The molecule has 1 aliphatic rings. The molecular weight excluding hydrogens is 452 g/mol. The zero-order valence-electron chi connectivity index (χ0n) is 18.9. The molecule has 4 rings (SSSR count). The number of halogens is 1. The second-order valence-corrected chi connectivity index (χ2v) is 8.50. The van der Waals surface area contributed by atoms with Crippen LogP contribution in [0.3, 0.4) is 0 Å². The van der Waals surface area contributed by atoms with Crippen molar-refractivity contribution < 1.29 is 19.1 Å². The summed E-state index contributed by atoms with van der Waals surface area (Å²) in [5, 5.41) is 6.27. The summed E-state index contributed by atoms with van der Waals surface area (Å²) in [7, 11) is 0. The van der Waals surface area contributed by atoms with Gasteiger partial charge in [0.25, 0.3) is 0 Å². The van der Waals surface area contributed by atoms with Crippen molar-refractivity contribution in [3.05, 3.63) is 106 Å². The Hall–Kier alpha value is -3.77. The maximum atomic E-state index is 13.2. The third-order valence-electron chi connectivity index (χ3n) is 5.24. The van der Waals surface area contributed by atoms with Gasteiger partial charge in [-0.25, -0.2) is 9.59 Å². The second-order valence-electron chi connectivity index (χ2n) is 8.09. The monoisotopic (exact) mass is 476 g/mol. The lowest BCUT2D eigenvalue weighted by atomic mass is 9.92. The normalized spacial score (nSPS) is 15.5. The van der Waals surface area contributed by atoms with Crippen molar-refractivity contribution >= 4 is 29.3 Å². The molecule has 0 radical (unpaired) electrons. The Labute approximate surface area is 203 Å². The van der Waals surface area contributed by atoms with Crippen LogP contribution in [0.4, 0.5) is 4.79 Å². The highest BCUT2D eigenvalue weighted by Gasteiger charge is 2.35. The topological polar surface area (TPSA) is 76.7 Å². The van der Waals surface area contributed by atoms with E-state index in [9.17, 15) is 9.59 Å². The summed E-state index contributed by atoms with van der Waals surface area (Å²) in [6.07, 6.45) is -0.319. The molecule has 174 valence electrons. The molecule has 2 N–H and O–H groups in total. The molecule has 1 heterocycles. The molecule has 2 amide bonds. The number of rotatable bonds is 7. The van der Waals surface area contributed by atoms with Crippen molar-refractivity contribution in [2.24, 2.45) is 0 Å². The van der Waals surface area contributed by atoms with Crippen LogP contribution in [0.15, 0.2) is 84.4 Å². The van der Waals surface area contributed by atoms with Gasteiger partial charge in [-0.3, -0.25) is 0 Å². The van der Waals surface area contributed by atoms with Gasteiger partial charge in [-0.05, 0) is 43.2 Å². The van der Waals surface area contributed by atoms with Crippen molar-refractivity contribution in [3.8, 4) is 5.75 Å². The van der Waals surface area contributed by atoms with Crippen LogP contribution >= 0.6 is 11.6 Å². The quantitative estimate of drug-likeness (QED) is 0.433. The number of ether oxygens (including phenoxy) is 2. The predicted molar refractivity (Wildman–Crippen MR) is 131 cm³/mol. The standard InChI is InChI=1S/C27H25ClN2O4/c1-17(2)34-26(31)23-24(18-9-4-3-5-10-18)29-27(32)30-25(23)19-12-8-13-21(15-19)33-16-20-11-6-7-14-22(20)28/h3-15,17,25H,16H2,1-2H3,(H2,29,30,32). The van der Waals surface area contributed by atoms with Crippen molar-refractivity contribution in [1.29, 1.82) is 0 Å². The number of amides is 2. The van der Waals surface area contributed by atoms with E-state index in [1.807, 2.05) is 72.8 Å². The van der Waals surface area contributed by atoms with Crippen LogP contribution in [0.2, 0.25) is 5.02 Å². The van der Waals surface area contributed by atoms with Crippen LogP contribution in [-0.2, 0) is 16.1 Å². The molecular formula is C27H25ClN2O4. The van der Waals surface area contributed by atoms with Crippen LogP contribution < -0.4 is 15.4 Å². The second kappa shape index (κ2) is 10.4. The van der Waals surface area contributed by atoms with E-state index in [1.165, 1.54) is 0 Å². The van der Waals surface area contributed by atoms with Gasteiger partial charge in [-0.1, -0.05) is 72.3 Å². The van der Waals surface area contributed by atoms with E-state index in [4.69, 9.17) is 21.1 Å². The van der Waals surface area contributed by atoms with Crippen molar-refractivity contribution in [2.75, 3.05) is 0 Å². The minimum absolute atomic E-state index is 0.287. The Kier molecular flexibility index (Phi) is 7.18. The molecule has 7 heteroatoms. The van der Waals surface area contributed by atoms with E-state index in [0.717, 1.165) is 5.56 Å². The first-order valence-corrected chi connectivity index (χ1v) is 11.3. The first kappa shape index (κ1) is 23.4. The summed E-state index contributed by atoms with van der Waals surface area (Å²) in [6, 6.07) is 22.8. The van der Waals surface area contributed by atoms with Gasteiger partial charge in [-0.15, -0.1) is 0 Å². The highest BCUT2D eigenvalue weighted by Crippen LogP contribution is 2.33. The maximum Gasteiger partial charge on any atom is 0.338 e. The van der Waals surface area contributed by atoms with Gasteiger partial charge < -0.3 is 20.1 Å². The average Bonchev–Trinajstić information content (AvgIpc) is 2.83. The lowest BCUT2D eigenvalue weighted by Gasteiger charge is -2.30. The van der Waals surface area contributed by atoms with E-state index >= 15 is 0 Å². The fourth-order valence-corrected chi connectivity index (χ4v) is 3.90. The number of carbonyl (C=O) groups excluding carboxylic acids is 2. The minimum Gasteiger partial charge on any atom is -0.489 e. The van der Waals surface area contributed by atoms with Gasteiger partial charge in [0.2, 0.25) is 0 Å². The van der Waals surface area contributed by atoms with Gasteiger partial charge in [0.15, 0.2) is 0 Å². The van der Waals surface area contributed by atoms with Gasteiger partial charge in [-0.2, -0.15) is 0 Å². The Morgan fingerprint density at radius 2 is 1.74 bits per heavy atom. The third-order valence-corrected chi connectivity index (χ3v) is 5.61. The number of nitrogens with one attached hydrogen (secondary N) is 2. The van der Waals surface area contributed by atoms with E-state index in [2.05, 4.69) is 10.6 Å². The van der Waals surface area contributed by atoms with E-state index in [-0.39, 0.29) is 12.7 Å². The third kappa shape index (κ3) is 5.41. The molecule has 0 aliphatic carbocycles. The first-order valence-electron chi connectivity index (χ1n) is 11.0. The smallest absolute Gasteiger partial charge is 0.338 e. The molecule has 0 bridgehead atoms. The van der Waals surface area contributed by atoms with Crippen LogP contribution in [0, 0.1) is 0 Å². The summed E-state index contributed by atoms with van der Waals surface area (Å²) in [4.78, 5) is 25.8. The number of carbonyl (C=O) groups is 2. The number of hydrogen-bond acceptors (Lipinski definition) is 4. The van der Waals surface area contributed by atoms with Crippen LogP contribution in [0.25, 0.3) is 5.70 Å². The van der Waals surface area contributed by atoms with Crippen molar-refractivity contribution in [1.82, 2.24) is 10.6 Å². The molecule has 1 atom stereocenters. The fraction of sp³-hybridized carbons (Fsp3) is 0.185. The first-order chi connectivity index (χ1) is 16.4. The Balaban J connectivity index is 1.71. The Morgan fingerprint density at radius 1 is 1.00 bits per heavy atom. The summed E-state index contributed by atoms with van der Waals surface area (Å²) < 4.78 is 11.5. The number of benzene rings is 3. The van der Waals surface area contributed by atoms with Crippen LogP contribution in [0.5, 0.6) is 5.75 Å². The molecule has 3 aromatic carbocycles. The number of esters is 1. The zero-order valence-corrected chi connectivity index (χ0v) is 19.6. The van der Waals surface area contributed by atoms with Gasteiger partial charge in [0.1, 0.15) is 12.4 Å². The van der Waals surface area contributed by atoms with Crippen LogP contribution in [-0.4, -0.2) is 18.1 Å². The largest absolute Gasteiger partial charge is 0.489 e. The molecule has 0 saturated heterocycles. The summed E-state index contributed by atoms with van der Waals surface area (Å²) >= 11 is 6.24. The summed E-state index contributed by atoms with van der Waals surface area (Å²) in [5.74, 6) is 0.0804. The highest BCUT2D eigenvalue weighted by molar-refractivity contribution is 6.31. The minimum atomic E-state index is -0.723. The number of urea groups is 1. The molecule has 0 aromatic heterocycles. The van der Waals surface area contributed by atoms with Crippen molar-refractivity contribution in [2.45, 2.75) is 32.6 Å². The van der Waals surface area contributed by atoms with Gasteiger partial charge >= 0.3 is 12.0 Å². The van der Waals surface area contributed by atoms with E-state index in [1.54, 1.807) is 19.9 Å². The highest BCUT2D eigenvalue weighted by atomic mass is 35.5. The lowest BCUT2D eigenvalue weighted by molar-refractivity contribution is -0.143. The zero-order chi connectivity index (χ0) is 24.1. The predicted octanol–water partition coefficient (Wildman–Crippen LogP) is 5.64. The SMILES string of the molecule is CC(C)OC(=O)C1=C(c2ccccc2)NC(=O)NC1c1cccc(OCc2ccccc2Cl)c1. The van der Waals surface area contributed by atoms with Crippen molar-refractivity contribution in [3.63, 3.8) is 0 Å². The molecule has 1 aliphatic heterocycles. The molecule has 0 fully saturated rings. The summed E-state index contributed by atoms with van der Waals surface area (Å²) in [6.45, 7) is 3.86. The Morgan fingerprint density at radius 3 is 2.47 bits per heavy atom. The summed E-state index contributed by atoms with van der Waals surface area (Å²) in [5.41, 5.74) is 3.00. The number of hydrogen-bond donors (Lipinski definition) is 2. The molecule has 0 spiro atoms. The fourth-order valence-electron chi connectivity index (χ4n) is 3.70. The average molecular weight is 477 g/mol.